The highest BCUT2D eigenvalue weighted by molar-refractivity contribution is 7.61. The smallest absolute Gasteiger partial charge is 0.396 e. The second kappa shape index (κ2) is 9.01. The van der Waals surface area contributed by atoms with Gasteiger partial charge in [-0.25, -0.2) is 15.0 Å². The zero-order valence-electron chi connectivity index (χ0n) is 17.4. The molecule has 4 rings (SSSR count). The first-order chi connectivity index (χ1) is 15.1. The minimum absolute atomic E-state index is 0.131. The van der Waals surface area contributed by atoms with Crippen molar-refractivity contribution in [1.29, 1.82) is 0 Å². The number of nitrogens with zero attached hydrogens (tertiary/aromatic N) is 4. The van der Waals surface area contributed by atoms with Gasteiger partial charge in [-0.05, 0) is 38.0 Å². The number of rotatable bonds is 9. The number of hydrogen-bond acceptors (Lipinski definition) is 8. The molecule has 0 atom stereocenters. The maximum absolute atomic E-state index is 13.1. The Morgan fingerprint density at radius 2 is 1.81 bits per heavy atom. The van der Waals surface area contributed by atoms with Crippen molar-refractivity contribution >= 4 is 30.1 Å². The number of furan rings is 1. The van der Waals surface area contributed by atoms with Gasteiger partial charge in [0.15, 0.2) is 28.6 Å². The van der Waals surface area contributed by atoms with Crippen LogP contribution < -0.4 is 11.2 Å². The predicted octanol–water partition coefficient (Wildman–Crippen LogP) is 3.80. The lowest BCUT2D eigenvalue weighted by Gasteiger charge is -2.14. The summed E-state index contributed by atoms with van der Waals surface area (Å²) < 4.78 is 31.7. The lowest BCUT2D eigenvalue weighted by molar-refractivity contribution is 0.225. The zero-order valence-corrected chi connectivity index (χ0v) is 18.3. The molecule has 0 saturated carbocycles. The van der Waals surface area contributed by atoms with E-state index in [1.807, 2.05) is 22.8 Å². The molecule has 0 aliphatic rings. The van der Waals surface area contributed by atoms with Gasteiger partial charge in [0, 0.05) is 6.54 Å². The van der Waals surface area contributed by atoms with Crippen molar-refractivity contribution in [1.82, 2.24) is 19.5 Å². The minimum atomic E-state index is -3.55. The van der Waals surface area contributed by atoms with Gasteiger partial charge in [0.25, 0.3) is 0 Å². The third-order valence-electron chi connectivity index (χ3n) is 4.71. The summed E-state index contributed by atoms with van der Waals surface area (Å²) in [6.45, 7) is 4.56. The number of anilines is 1. The summed E-state index contributed by atoms with van der Waals surface area (Å²) in [5.41, 5.74) is 8.44. The van der Waals surface area contributed by atoms with E-state index < -0.39 is 7.60 Å². The number of benzene rings is 1. The van der Waals surface area contributed by atoms with Crippen LogP contribution in [0.5, 0.6) is 0 Å². The SMILES string of the molecule is CCOP(=O)(OCC)c1ccc(-c2nc3c(N)ncnc3n2CCc2ccccc2)o1. The van der Waals surface area contributed by atoms with E-state index in [1.54, 1.807) is 26.0 Å². The van der Waals surface area contributed by atoms with E-state index in [2.05, 4.69) is 27.1 Å². The normalized spacial score (nSPS) is 11.9. The van der Waals surface area contributed by atoms with Crippen molar-refractivity contribution in [3.05, 3.63) is 54.4 Å². The number of nitrogen functional groups attached to an aromatic ring is 1. The molecule has 162 valence electrons. The Morgan fingerprint density at radius 1 is 1.06 bits per heavy atom. The molecule has 0 amide bonds. The van der Waals surface area contributed by atoms with Crippen LogP contribution in [0.4, 0.5) is 5.82 Å². The number of hydrogen-bond donors (Lipinski definition) is 1. The minimum Gasteiger partial charge on any atom is -0.445 e. The number of imidazole rings is 1. The molecule has 1 aromatic carbocycles. The van der Waals surface area contributed by atoms with E-state index in [1.165, 1.54) is 11.9 Å². The first kappa shape index (κ1) is 21.2. The molecular formula is C21H24N5O4P. The van der Waals surface area contributed by atoms with Gasteiger partial charge in [-0.2, -0.15) is 0 Å². The van der Waals surface area contributed by atoms with E-state index >= 15 is 0 Å². The van der Waals surface area contributed by atoms with Crippen molar-refractivity contribution in [2.75, 3.05) is 18.9 Å². The lowest BCUT2D eigenvalue weighted by atomic mass is 10.1. The fourth-order valence-corrected chi connectivity index (χ4v) is 4.82. The van der Waals surface area contributed by atoms with E-state index in [4.69, 9.17) is 19.2 Å². The highest BCUT2D eigenvalue weighted by Gasteiger charge is 2.32. The Kier molecular flexibility index (Phi) is 6.18. The van der Waals surface area contributed by atoms with Crippen molar-refractivity contribution < 1.29 is 18.0 Å². The Balaban J connectivity index is 1.76. The van der Waals surface area contributed by atoms with Gasteiger partial charge in [0.1, 0.15) is 6.33 Å². The van der Waals surface area contributed by atoms with Crippen molar-refractivity contribution in [2.24, 2.45) is 0 Å². The van der Waals surface area contributed by atoms with Crippen LogP contribution in [-0.2, 0) is 26.6 Å². The van der Waals surface area contributed by atoms with Crippen molar-refractivity contribution in [2.45, 2.75) is 26.8 Å². The van der Waals surface area contributed by atoms with Crippen LogP contribution in [0.15, 0.2) is 53.2 Å². The molecule has 9 nitrogen and oxygen atoms in total. The van der Waals surface area contributed by atoms with Crippen LogP contribution in [0.2, 0.25) is 0 Å². The van der Waals surface area contributed by atoms with Gasteiger partial charge in [-0.3, -0.25) is 4.57 Å². The lowest BCUT2D eigenvalue weighted by Crippen LogP contribution is -2.08. The number of fused-ring (bicyclic) bond motifs is 1. The molecule has 0 aliphatic heterocycles. The third kappa shape index (κ3) is 4.25. The maximum atomic E-state index is 13.1. The summed E-state index contributed by atoms with van der Waals surface area (Å²) >= 11 is 0. The highest BCUT2D eigenvalue weighted by Crippen LogP contribution is 2.47. The fraction of sp³-hybridized carbons (Fsp3) is 0.286. The second-order valence-corrected chi connectivity index (χ2v) is 8.68. The molecule has 0 radical (unpaired) electrons. The van der Waals surface area contributed by atoms with Crippen LogP contribution in [0.25, 0.3) is 22.7 Å². The molecule has 31 heavy (non-hydrogen) atoms. The Morgan fingerprint density at radius 3 is 2.52 bits per heavy atom. The van der Waals surface area contributed by atoms with E-state index in [-0.39, 0.29) is 24.5 Å². The first-order valence-electron chi connectivity index (χ1n) is 10.1. The number of aryl methyl sites for hydroxylation is 2. The van der Waals surface area contributed by atoms with Crippen molar-refractivity contribution in [3.8, 4) is 11.6 Å². The Bertz CT molecular complexity index is 1210. The molecule has 3 aromatic heterocycles. The van der Waals surface area contributed by atoms with Gasteiger partial charge in [-0.1, -0.05) is 30.3 Å². The van der Waals surface area contributed by atoms with Crippen LogP contribution in [0, 0.1) is 0 Å². The average molecular weight is 441 g/mol. The highest BCUT2D eigenvalue weighted by atomic mass is 31.2. The number of aromatic nitrogens is 4. The fourth-order valence-electron chi connectivity index (χ4n) is 3.34. The van der Waals surface area contributed by atoms with Crippen molar-refractivity contribution in [3.63, 3.8) is 0 Å². The molecule has 0 saturated heterocycles. The summed E-state index contributed by atoms with van der Waals surface area (Å²) in [6.07, 6.45) is 2.17. The van der Waals surface area contributed by atoms with Gasteiger partial charge < -0.3 is 23.8 Å². The molecule has 4 aromatic rings. The van der Waals surface area contributed by atoms with Gasteiger partial charge >= 0.3 is 7.60 Å². The maximum Gasteiger partial charge on any atom is 0.396 e. The van der Waals surface area contributed by atoms with Crippen LogP contribution in [0.1, 0.15) is 19.4 Å². The largest absolute Gasteiger partial charge is 0.445 e. The molecule has 0 unspecified atom stereocenters. The van der Waals surface area contributed by atoms with Gasteiger partial charge in [-0.15, -0.1) is 0 Å². The molecule has 2 N–H and O–H groups in total. The Hall–Kier alpha value is -3.00. The van der Waals surface area contributed by atoms with Crippen LogP contribution >= 0.6 is 7.60 Å². The summed E-state index contributed by atoms with van der Waals surface area (Å²) in [5, 5.41) is 0. The molecule has 0 spiro atoms. The zero-order chi connectivity index (χ0) is 21.8. The summed E-state index contributed by atoms with van der Waals surface area (Å²) in [5.74, 6) is 1.22. The second-order valence-electron chi connectivity index (χ2n) is 6.72. The van der Waals surface area contributed by atoms with Gasteiger partial charge in [0.2, 0.25) is 5.50 Å². The first-order valence-corrected chi connectivity index (χ1v) is 11.6. The topological polar surface area (TPSA) is 118 Å². The Labute approximate surface area is 179 Å². The summed E-state index contributed by atoms with van der Waals surface area (Å²) in [7, 11) is -3.55. The van der Waals surface area contributed by atoms with E-state index in [9.17, 15) is 4.57 Å². The molecule has 0 fully saturated rings. The number of nitrogens with two attached hydrogens (primary N) is 1. The van der Waals surface area contributed by atoms with Crippen LogP contribution in [0.3, 0.4) is 0 Å². The predicted molar refractivity (Wildman–Crippen MR) is 118 cm³/mol. The molecule has 3 heterocycles. The molecule has 0 bridgehead atoms. The molecule has 0 aliphatic carbocycles. The standard InChI is InChI=1S/C21H24N5O4P/c1-3-28-31(27,29-4-2)17-11-10-16(30-17)20-25-18-19(22)23-14-24-21(18)26(20)13-12-15-8-6-5-7-9-15/h5-11,14H,3-4,12-13H2,1-2H3,(H2,22,23,24). The molecular weight excluding hydrogens is 417 g/mol. The van der Waals surface area contributed by atoms with Crippen LogP contribution in [-0.4, -0.2) is 32.7 Å². The molecule has 10 heteroatoms. The third-order valence-corrected chi connectivity index (χ3v) is 6.68. The monoisotopic (exact) mass is 441 g/mol. The summed E-state index contributed by atoms with van der Waals surface area (Å²) in [6, 6.07) is 13.4. The van der Waals surface area contributed by atoms with E-state index in [0.717, 1.165) is 6.42 Å². The average Bonchev–Trinajstić information content (AvgIpc) is 3.39. The quantitative estimate of drug-likeness (QED) is 0.390. The van der Waals surface area contributed by atoms with Gasteiger partial charge in [0.05, 0.1) is 13.2 Å². The summed E-state index contributed by atoms with van der Waals surface area (Å²) in [4.78, 5) is 13.1. The van der Waals surface area contributed by atoms with E-state index in [0.29, 0.717) is 29.3 Å².